The molecule has 3 heterocycles. The molecule has 64 heavy (non-hydrogen) atoms. The number of aryl methyl sites for hydroxylation is 3. The summed E-state index contributed by atoms with van der Waals surface area (Å²) >= 11 is 0. The van der Waals surface area contributed by atoms with Crippen LogP contribution in [-0.2, 0) is 29.0 Å². The lowest BCUT2D eigenvalue weighted by Crippen LogP contribution is -2.06. The Morgan fingerprint density at radius 2 is 1.00 bits per heavy atom. The summed E-state index contributed by atoms with van der Waals surface area (Å²) in [5.41, 5.74) is 7.44. The Kier molecular flexibility index (Phi) is 14.2. The SMILES string of the molecule is CCCCCCCCn1c(-c2cccc(-c3nc4ccccc4n3CCCCCCCCCCOC(=O)CCCc3ccc4ccc5cccc6ccc3c4c56)n2)nc2ccccc21. The highest BCUT2D eigenvalue weighted by Gasteiger charge is 2.18. The first-order valence-electron chi connectivity index (χ1n) is 24.4. The zero-order valence-electron chi connectivity index (χ0n) is 37.7. The van der Waals surface area contributed by atoms with E-state index >= 15 is 0 Å². The van der Waals surface area contributed by atoms with Crippen LogP contribution in [0.2, 0.25) is 0 Å². The van der Waals surface area contributed by atoms with Crippen LogP contribution in [0.5, 0.6) is 0 Å². The molecule has 9 rings (SSSR count). The molecule has 328 valence electrons. The molecule has 0 aliphatic carbocycles. The van der Waals surface area contributed by atoms with Crippen molar-refractivity contribution in [1.82, 2.24) is 24.1 Å². The number of esters is 1. The third kappa shape index (κ3) is 9.84. The first-order chi connectivity index (χ1) is 31.7. The van der Waals surface area contributed by atoms with Gasteiger partial charge < -0.3 is 13.9 Å². The van der Waals surface area contributed by atoms with E-state index in [1.54, 1.807) is 0 Å². The maximum Gasteiger partial charge on any atom is 0.305 e. The molecule has 3 aromatic heterocycles. The summed E-state index contributed by atoms with van der Waals surface area (Å²) < 4.78 is 10.4. The zero-order chi connectivity index (χ0) is 43.5. The number of hydrogen-bond acceptors (Lipinski definition) is 5. The predicted molar refractivity (Wildman–Crippen MR) is 266 cm³/mol. The van der Waals surface area contributed by atoms with Crippen molar-refractivity contribution >= 4 is 60.4 Å². The van der Waals surface area contributed by atoms with Crippen LogP contribution in [0.3, 0.4) is 0 Å². The lowest BCUT2D eigenvalue weighted by atomic mass is 9.90. The van der Waals surface area contributed by atoms with Crippen molar-refractivity contribution in [2.45, 2.75) is 129 Å². The highest BCUT2D eigenvalue weighted by Crippen LogP contribution is 2.36. The second-order valence-corrected chi connectivity index (χ2v) is 17.8. The molecule has 6 aromatic carbocycles. The van der Waals surface area contributed by atoms with Gasteiger partial charge in [-0.3, -0.25) is 4.79 Å². The lowest BCUT2D eigenvalue weighted by Gasteiger charge is -2.14. The minimum atomic E-state index is -0.0744. The quantitative estimate of drug-likeness (QED) is 0.0344. The normalized spacial score (nSPS) is 11.9. The Hall–Kier alpha value is -6.08. The minimum absolute atomic E-state index is 0.0744. The van der Waals surface area contributed by atoms with Crippen molar-refractivity contribution in [3.63, 3.8) is 0 Å². The summed E-state index contributed by atoms with van der Waals surface area (Å²) in [6.45, 7) is 4.64. The summed E-state index contributed by atoms with van der Waals surface area (Å²) in [5, 5.41) is 7.83. The van der Waals surface area contributed by atoms with Gasteiger partial charge in [-0.05, 0) is 106 Å². The van der Waals surface area contributed by atoms with Gasteiger partial charge in [0.2, 0.25) is 0 Å². The number of hydrogen-bond donors (Lipinski definition) is 0. The molecule has 0 unspecified atom stereocenters. The van der Waals surface area contributed by atoms with Gasteiger partial charge in [0, 0.05) is 19.5 Å². The van der Waals surface area contributed by atoms with Crippen molar-refractivity contribution < 1.29 is 9.53 Å². The first kappa shape index (κ1) is 43.2. The fraction of sp³-hybridized carbons (Fsp3) is 0.368. The van der Waals surface area contributed by atoms with E-state index in [9.17, 15) is 4.79 Å². The Morgan fingerprint density at radius 1 is 0.484 bits per heavy atom. The van der Waals surface area contributed by atoms with Crippen molar-refractivity contribution in [3.8, 4) is 23.0 Å². The molecule has 0 aliphatic rings. The average Bonchev–Trinajstić information content (AvgIpc) is 3.90. The van der Waals surface area contributed by atoms with Crippen molar-refractivity contribution in [3.05, 3.63) is 127 Å². The Balaban J connectivity index is 0.710. The van der Waals surface area contributed by atoms with Crippen molar-refractivity contribution in [2.75, 3.05) is 6.61 Å². The molecule has 0 spiro atoms. The van der Waals surface area contributed by atoms with E-state index in [0.717, 1.165) is 91.2 Å². The van der Waals surface area contributed by atoms with Gasteiger partial charge in [-0.15, -0.1) is 0 Å². The van der Waals surface area contributed by atoms with Gasteiger partial charge in [-0.1, -0.05) is 162 Å². The van der Waals surface area contributed by atoms with Gasteiger partial charge in [0.25, 0.3) is 0 Å². The molecule has 0 bridgehead atoms. The van der Waals surface area contributed by atoms with Crippen LogP contribution in [0.15, 0.2) is 121 Å². The van der Waals surface area contributed by atoms with E-state index in [0.29, 0.717) is 13.0 Å². The number of para-hydroxylation sites is 4. The highest BCUT2D eigenvalue weighted by molar-refractivity contribution is 6.23. The average molecular weight is 850 g/mol. The Bertz CT molecular complexity index is 2930. The number of carbonyl (C=O) groups is 1. The fourth-order valence-corrected chi connectivity index (χ4v) is 9.86. The van der Waals surface area contributed by atoms with Gasteiger partial charge in [-0.2, -0.15) is 0 Å². The van der Waals surface area contributed by atoms with Crippen LogP contribution in [-0.4, -0.2) is 36.7 Å². The molecular weight excluding hydrogens is 787 g/mol. The number of fused-ring (bicyclic) bond motifs is 2. The van der Waals surface area contributed by atoms with Crippen molar-refractivity contribution in [2.24, 2.45) is 0 Å². The number of aromatic nitrogens is 5. The van der Waals surface area contributed by atoms with Gasteiger partial charge in [0.15, 0.2) is 11.6 Å². The Labute approximate surface area is 378 Å². The number of pyridine rings is 1. The lowest BCUT2D eigenvalue weighted by molar-refractivity contribution is -0.143. The van der Waals surface area contributed by atoms with Crippen LogP contribution >= 0.6 is 0 Å². The van der Waals surface area contributed by atoms with Crippen LogP contribution in [0.4, 0.5) is 0 Å². The molecule has 0 saturated carbocycles. The minimum Gasteiger partial charge on any atom is -0.466 e. The van der Waals surface area contributed by atoms with Gasteiger partial charge in [0.1, 0.15) is 11.4 Å². The molecule has 0 N–H and O–H groups in total. The smallest absolute Gasteiger partial charge is 0.305 e. The molecule has 0 atom stereocenters. The molecule has 7 heteroatoms. The van der Waals surface area contributed by atoms with E-state index in [1.165, 1.54) is 108 Å². The Morgan fingerprint density at radius 3 is 1.62 bits per heavy atom. The highest BCUT2D eigenvalue weighted by atomic mass is 16.5. The maximum absolute atomic E-state index is 12.6. The molecule has 0 amide bonds. The third-order valence-electron chi connectivity index (χ3n) is 13.2. The van der Waals surface area contributed by atoms with E-state index in [1.807, 2.05) is 0 Å². The van der Waals surface area contributed by atoms with Gasteiger partial charge in [0.05, 0.1) is 28.7 Å². The molecule has 7 nitrogen and oxygen atoms in total. The first-order valence-corrected chi connectivity index (χ1v) is 24.4. The largest absolute Gasteiger partial charge is 0.466 e. The van der Waals surface area contributed by atoms with E-state index in [4.69, 9.17) is 19.7 Å². The maximum atomic E-state index is 12.6. The molecule has 9 aromatic rings. The van der Waals surface area contributed by atoms with Gasteiger partial charge >= 0.3 is 5.97 Å². The topological polar surface area (TPSA) is 74.8 Å². The zero-order valence-corrected chi connectivity index (χ0v) is 37.7. The van der Waals surface area contributed by atoms with Crippen molar-refractivity contribution in [1.29, 1.82) is 0 Å². The summed E-state index contributed by atoms with van der Waals surface area (Å²) in [4.78, 5) is 28.1. The second kappa shape index (κ2) is 21.1. The summed E-state index contributed by atoms with van der Waals surface area (Å²) in [6, 6.07) is 43.2. The number of imidazole rings is 2. The molecular formula is C57H63N5O2. The number of rotatable bonds is 24. The summed E-state index contributed by atoms with van der Waals surface area (Å²) in [7, 11) is 0. The van der Waals surface area contributed by atoms with Crippen LogP contribution in [0.1, 0.15) is 115 Å². The van der Waals surface area contributed by atoms with Crippen LogP contribution < -0.4 is 0 Å². The molecule has 0 saturated heterocycles. The number of unbranched alkanes of at least 4 members (excludes halogenated alkanes) is 12. The van der Waals surface area contributed by atoms with E-state index in [-0.39, 0.29) is 5.97 Å². The van der Waals surface area contributed by atoms with Crippen LogP contribution in [0.25, 0.3) is 77.4 Å². The molecule has 0 radical (unpaired) electrons. The number of benzene rings is 6. The number of carbonyl (C=O) groups excluding carboxylic acids is 1. The van der Waals surface area contributed by atoms with Gasteiger partial charge in [-0.25, -0.2) is 15.0 Å². The molecule has 0 fully saturated rings. The molecule has 0 aliphatic heterocycles. The third-order valence-corrected chi connectivity index (χ3v) is 13.2. The monoisotopic (exact) mass is 849 g/mol. The standard InChI is InChI=1S/C57H63N5O2/c1-2-3-4-5-10-17-39-61-51-30-15-13-26-47(51)59-56(61)49-28-22-29-50(58-49)57-60-48-27-14-16-31-52(48)62(57)40-18-11-8-6-7-9-12-19-41-64-53(63)32-21-23-42-33-34-45-36-35-43-24-20-25-44-37-38-46(42)55(45)54(43)44/h13-16,20,22,24-31,33-38H,2-12,17-19,21,23,32,39-41H2,1H3. The summed E-state index contributed by atoms with van der Waals surface area (Å²) in [6.07, 6.45) is 18.8. The predicted octanol–water partition coefficient (Wildman–Crippen LogP) is 15.1. The fourth-order valence-electron chi connectivity index (χ4n) is 9.86. The van der Waals surface area contributed by atoms with E-state index in [2.05, 4.69) is 137 Å². The number of nitrogens with zero attached hydrogens (tertiary/aromatic N) is 5. The second-order valence-electron chi connectivity index (χ2n) is 17.8. The summed E-state index contributed by atoms with van der Waals surface area (Å²) in [5.74, 6) is 1.78. The van der Waals surface area contributed by atoms with Crippen LogP contribution in [0, 0.1) is 0 Å². The van der Waals surface area contributed by atoms with E-state index < -0.39 is 0 Å². The number of ether oxygens (including phenoxy) is 1.